The third-order valence-electron chi connectivity index (χ3n) is 5.57. The molecule has 26 heavy (non-hydrogen) atoms. The molecule has 2 heterocycles. The molecule has 2 aliphatic rings. The molecule has 2 fully saturated rings. The second kappa shape index (κ2) is 6.41. The van der Waals surface area contributed by atoms with Crippen LogP contribution < -0.4 is 0 Å². The molecule has 1 saturated heterocycles. The maximum atomic E-state index is 12.8. The number of nitrogens with one attached hydrogen (secondary N) is 1. The molecule has 1 saturated carbocycles. The summed E-state index contributed by atoms with van der Waals surface area (Å²) < 4.78 is 0. The summed E-state index contributed by atoms with van der Waals surface area (Å²) in [7, 11) is 0. The van der Waals surface area contributed by atoms with Gasteiger partial charge in [0.2, 0.25) is 11.1 Å². The highest BCUT2D eigenvalue weighted by atomic mass is 32.2. The van der Waals surface area contributed by atoms with Gasteiger partial charge < -0.3 is 4.90 Å². The lowest BCUT2D eigenvalue weighted by molar-refractivity contribution is -0.129. The summed E-state index contributed by atoms with van der Waals surface area (Å²) in [5, 5.41) is 7.84. The molecule has 6 heteroatoms. The molecule has 1 aromatic carbocycles. The third kappa shape index (κ3) is 3.52. The zero-order valence-electron chi connectivity index (χ0n) is 15.7. The highest BCUT2D eigenvalue weighted by molar-refractivity contribution is 7.99. The number of aromatic amines is 1. The predicted octanol–water partition coefficient (Wildman–Crippen LogP) is 3.99. The standard InChI is InChI=1S/C20H26N4OS/c1-19(2)9-15-10-20(3,12-19)13-24(15)16(25)11-26-18-21-17(22-23-18)14-7-5-4-6-8-14/h4-8,15H,9-13H2,1-3H3,(H,21,22,23)/t15-,20-/m0/s1. The van der Waals surface area contributed by atoms with Gasteiger partial charge in [-0.2, -0.15) is 0 Å². The predicted molar refractivity (Wildman–Crippen MR) is 104 cm³/mol. The molecule has 0 unspecified atom stereocenters. The third-order valence-corrected chi connectivity index (χ3v) is 6.40. The van der Waals surface area contributed by atoms with Crippen LogP contribution in [0, 0.1) is 10.8 Å². The van der Waals surface area contributed by atoms with E-state index in [2.05, 4.69) is 40.9 Å². The van der Waals surface area contributed by atoms with E-state index in [1.54, 1.807) is 0 Å². The lowest BCUT2D eigenvalue weighted by Gasteiger charge is -2.39. The summed E-state index contributed by atoms with van der Waals surface area (Å²) in [4.78, 5) is 19.5. The van der Waals surface area contributed by atoms with Gasteiger partial charge >= 0.3 is 0 Å². The Hall–Kier alpha value is -1.82. The summed E-state index contributed by atoms with van der Waals surface area (Å²) in [6.45, 7) is 7.89. The van der Waals surface area contributed by atoms with Crippen molar-refractivity contribution in [3.8, 4) is 11.4 Å². The topological polar surface area (TPSA) is 61.9 Å². The second-order valence-corrected chi connectivity index (χ2v) is 9.80. The van der Waals surface area contributed by atoms with Crippen molar-refractivity contribution in [2.24, 2.45) is 10.8 Å². The molecule has 0 spiro atoms. The van der Waals surface area contributed by atoms with Crippen molar-refractivity contribution in [2.45, 2.75) is 51.2 Å². The molecular weight excluding hydrogens is 344 g/mol. The number of aromatic nitrogens is 3. The van der Waals surface area contributed by atoms with Crippen molar-refractivity contribution in [2.75, 3.05) is 12.3 Å². The minimum absolute atomic E-state index is 0.215. The van der Waals surface area contributed by atoms with E-state index < -0.39 is 0 Å². The largest absolute Gasteiger partial charge is 0.338 e. The SMILES string of the molecule is CC1(C)C[C@H]2C[C@](C)(CN2C(=O)CSc2n[nH]c(-c3ccccc3)n2)C1. The number of amides is 1. The molecule has 2 atom stereocenters. The Morgan fingerprint density at radius 3 is 2.81 bits per heavy atom. The van der Waals surface area contributed by atoms with Crippen molar-refractivity contribution in [1.82, 2.24) is 20.1 Å². The van der Waals surface area contributed by atoms with Crippen molar-refractivity contribution in [3.05, 3.63) is 30.3 Å². The van der Waals surface area contributed by atoms with E-state index in [0.717, 1.165) is 30.8 Å². The highest BCUT2D eigenvalue weighted by Gasteiger charge is 2.50. The van der Waals surface area contributed by atoms with Gasteiger partial charge in [0.1, 0.15) is 0 Å². The minimum Gasteiger partial charge on any atom is -0.338 e. The fourth-order valence-corrected chi connectivity index (χ4v) is 5.68. The highest BCUT2D eigenvalue weighted by Crippen LogP contribution is 2.52. The molecule has 0 radical (unpaired) electrons. The van der Waals surface area contributed by atoms with Gasteiger partial charge in [-0.25, -0.2) is 4.98 Å². The number of thioether (sulfide) groups is 1. The average Bonchev–Trinajstić information content (AvgIpc) is 3.15. The lowest BCUT2D eigenvalue weighted by atomic mass is 9.65. The normalized spacial score (nSPS) is 26.9. The van der Waals surface area contributed by atoms with Crippen LogP contribution in [0.4, 0.5) is 0 Å². The van der Waals surface area contributed by atoms with Crippen LogP contribution >= 0.6 is 11.8 Å². The summed E-state index contributed by atoms with van der Waals surface area (Å²) in [5.74, 6) is 1.36. The van der Waals surface area contributed by atoms with E-state index in [1.807, 2.05) is 30.3 Å². The van der Waals surface area contributed by atoms with Gasteiger partial charge in [0.05, 0.1) is 5.75 Å². The number of fused-ring (bicyclic) bond motifs is 2. The lowest BCUT2D eigenvalue weighted by Crippen LogP contribution is -2.38. The van der Waals surface area contributed by atoms with E-state index in [-0.39, 0.29) is 11.3 Å². The summed E-state index contributed by atoms with van der Waals surface area (Å²) >= 11 is 1.42. The minimum atomic E-state index is 0.215. The van der Waals surface area contributed by atoms with E-state index in [1.165, 1.54) is 18.2 Å². The van der Waals surface area contributed by atoms with Crippen molar-refractivity contribution in [1.29, 1.82) is 0 Å². The van der Waals surface area contributed by atoms with Crippen LogP contribution in [0.5, 0.6) is 0 Å². The molecule has 5 nitrogen and oxygen atoms in total. The molecule has 2 aromatic rings. The summed E-state index contributed by atoms with van der Waals surface area (Å²) in [6, 6.07) is 10.3. The Kier molecular flexibility index (Phi) is 4.34. The zero-order chi connectivity index (χ0) is 18.4. The van der Waals surface area contributed by atoms with Gasteiger partial charge in [-0.3, -0.25) is 9.89 Å². The number of hydrogen-bond donors (Lipinski definition) is 1. The van der Waals surface area contributed by atoms with Crippen LogP contribution in [0.15, 0.2) is 35.5 Å². The van der Waals surface area contributed by atoms with Gasteiger partial charge in [-0.1, -0.05) is 62.9 Å². The number of hydrogen-bond acceptors (Lipinski definition) is 4. The van der Waals surface area contributed by atoms with Crippen LogP contribution in [-0.2, 0) is 4.79 Å². The molecule has 138 valence electrons. The number of carbonyl (C=O) groups excluding carboxylic acids is 1. The first-order valence-corrected chi connectivity index (χ1v) is 10.2. The van der Waals surface area contributed by atoms with E-state index in [4.69, 9.17) is 0 Å². The van der Waals surface area contributed by atoms with Crippen molar-refractivity contribution < 1.29 is 4.79 Å². The average molecular weight is 371 g/mol. The van der Waals surface area contributed by atoms with Gasteiger partial charge in [-0.15, -0.1) is 5.10 Å². The molecule has 4 rings (SSSR count). The van der Waals surface area contributed by atoms with E-state index in [9.17, 15) is 4.79 Å². The molecule has 1 N–H and O–H groups in total. The number of H-pyrrole nitrogens is 1. The first-order chi connectivity index (χ1) is 12.3. The second-order valence-electron chi connectivity index (χ2n) is 8.86. The van der Waals surface area contributed by atoms with Crippen molar-refractivity contribution in [3.63, 3.8) is 0 Å². The van der Waals surface area contributed by atoms with Gasteiger partial charge in [-0.05, 0) is 30.1 Å². The number of likely N-dealkylation sites (tertiary alicyclic amines) is 1. The fraction of sp³-hybridized carbons (Fsp3) is 0.550. The number of rotatable bonds is 4. The number of nitrogens with zero attached hydrogens (tertiary/aromatic N) is 3. The van der Waals surface area contributed by atoms with Gasteiger partial charge in [0.25, 0.3) is 0 Å². The first-order valence-electron chi connectivity index (χ1n) is 9.24. The fourth-order valence-electron chi connectivity index (χ4n) is 5.00. The molecule has 1 aliphatic carbocycles. The van der Waals surface area contributed by atoms with Crippen LogP contribution in [0.2, 0.25) is 0 Å². The summed E-state index contributed by atoms with van der Waals surface area (Å²) in [6.07, 6.45) is 3.46. The van der Waals surface area contributed by atoms with Gasteiger partial charge in [0, 0.05) is 18.2 Å². The quantitative estimate of drug-likeness (QED) is 0.827. The smallest absolute Gasteiger partial charge is 0.233 e. The molecular formula is C20H26N4OS. The maximum absolute atomic E-state index is 12.8. The Bertz CT molecular complexity index is 803. The molecule has 1 amide bonds. The first kappa shape index (κ1) is 17.6. The Balaban J connectivity index is 1.39. The van der Waals surface area contributed by atoms with Crippen LogP contribution in [0.1, 0.15) is 40.0 Å². The molecule has 1 aromatic heterocycles. The maximum Gasteiger partial charge on any atom is 0.233 e. The molecule has 1 aliphatic heterocycles. The van der Waals surface area contributed by atoms with Crippen molar-refractivity contribution >= 4 is 17.7 Å². The van der Waals surface area contributed by atoms with Gasteiger partial charge in [0.15, 0.2) is 5.82 Å². The summed E-state index contributed by atoms with van der Waals surface area (Å²) in [5.41, 5.74) is 1.60. The van der Waals surface area contributed by atoms with Crippen LogP contribution in [-0.4, -0.2) is 44.3 Å². The number of carbonyl (C=O) groups is 1. The Labute approximate surface area is 159 Å². The zero-order valence-corrected chi connectivity index (χ0v) is 16.5. The van der Waals surface area contributed by atoms with E-state index in [0.29, 0.717) is 22.4 Å². The van der Waals surface area contributed by atoms with E-state index >= 15 is 0 Å². The Morgan fingerprint density at radius 1 is 1.27 bits per heavy atom. The monoisotopic (exact) mass is 370 g/mol. The Morgan fingerprint density at radius 2 is 2.04 bits per heavy atom. The number of benzene rings is 1. The van der Waals surface area contributed by atoms with Crippen LogP contribution in [0.3, 0.4) is 0 Å². The van der Waals surface area contributed by atoms with Crippen LogP contribution in [0.25, 0.3) is 11.4 Å². The molecule has 2 bridgehead atoms.